The van der Waals surface area contributed by atoms with Gasteiger partial charge in [-0.15, -0.1) is 0 Å². The van der Waals surface area contributed by atoms with Crippen LogP contribution in [0, 0.1) is 18.3 Å². The van der Waals surface area contributed by atoms with Gasteiger partial charge < -0.3 is 14.8 Å². The number of rotatable bonds is 7. The van der Waals surface area contributed by atoms with Crippen molar-refractivity contribution < 1.29 is 19.1 Å². The van der Waals surface area contributed by atoms with E-state index >= 15 is 0 Å². The average Bonchev–Trinajstić information content (AvgIpc) is 2.66. The molecule has 0 fully saturated rings. The summed E-state index contributed by atoms with van der Waals surface area (Å²) in [6.45, 7) is 3.50. The van der Waals surface area contributed by atoms with Crippen molar-refractivity contribution in [2.75, 3.05) is 6.61 Å². The van der Waals surface area contributed by atoms with Gasteiger partial charge in [0, 0.05) is 6.54 Å². The van der Waals surface area contributed by atoms with Crippen molar-refractivity contribution in [2.45, 2.75) is 26.5 Å². The van der Waals surface area contributed by atoms with Gasteiger partial charge in [0.15, 0.2) is 12.7 Å². The van der Waals surface area contributed by atoms with Crippen LogP contribution in [0.2, 0.25) is 0 Å². The highest BCUT2D eigenvalue weighted by atomic mass is 16.6. The first-order valence-electron chi connectivity index (χ1n) is 8.14. The first kappa shape index (κ1) is 19.0. The van der Waals surface area contributed by atoms with Crippen LogP contribution < -0.4 is 10.1 Å². The van der Waals surface area contributed by atoms with Crippen LogP contribution in [0.1, 0.15) is 23.6 Å². The van der Waals surface area contributed by atoms with Crippen LogP contribution in [0.15, 0.2) is 48.5 Å². The van der Waals surface area contributed by atoms with Gasteiger partial charge in [-0.25, -0.2) is 4.79 Å². The molecule has 1 N–H and O–H groups in total. The number of aryl methyl sites for hydroxylation is 1. The maximum Gasteiger partial charge on any atom is 0.347 e. The minimum absolute atomic E-state index is 0.369. The molecular weight excluding hydrogens is 332 g/mol. The van der Waals surface area contributed by atoms with E-state index in [0.29, 0.717) is 17.9 Å². The summed E-state index contributed by atoms with van der Waals surface area (Å²) in [5, 5.41) is 11.5. The quantitative estimate of drug-likeness (QED) is 0.774. The van der Waals surface area contributed by atoms with Crippen molar-refractivity contribution in [2.24, 2.45) is 0 Å². The number of nitrogens with one attached hydrogen (secondary N) is 1. The molecule has 2 aromatic rings. The molecule has 134 valence electrons. The van der Waals surface area contributed by atoms with Gasteiger partial charge in [0.2, 0.25) is 0 Å². The molecule has 0 aromatic heterocycles. The molecule has 0 radical (unpaired) electrons. The average molecular weight is 352 g/mol. The number of hydrogen-bond acceptors (Lipinski definition) is 5. The number of benzene rings is 2. The zero-order chi connectivity index (χ0) is 18.9. The third-order valence-electron chi connectivity index (χ3n) is 3.71. The lowest BCUT2D eigenvalue weighted by atomic mass is 10.1. The van der Waals surface area contributed by atoms with Crippen LogP contribution in [0.4, 0.5) is 0 Å². The normalized spacial score (nSPS) is 11.1. The Morgan fingerprint density at radius 3 is 2.50 bits per heavy atom. The molecular formula is C20H20N2O4. The first-order chi connectivity index (χ1) is 12.5. The molecule has 0 saturated carbocycles. The summed E-state index contributed by atoms with van der Waals surface area (Å²) < 4.78 is 10.4. The van der Waals surface area contributed by atoms with Gasteiger partial charge in [-0.3, -0.25) is 4.79 Å². The van der Waals surface area contributed by atoms with Crippen molar-refractivity contribution in [1.29, 1.82) is 5.26 Å². The second-order valence-electron chi connectivity index (χ2n) is 5.71. The van der Waals surface area contributed by atoms with Crippen molar-refractivity contribution in [3.8, 4) is 11.8 Å². The number of carbonyl (C=O) groups excluding carboxylic acids is 2. The van der Waals surface area contributed by atoms with E-state index in [9.17, 15) is 9.59 Å². The van der Waals surface area contributed by atoms with Gasteiger partial charge in [-0.2, -0.15) is 5.26 Å². The predicted molar refractivity (Wildman–Crippen MR) is 95.2 cm³/mol. The summed E-state index contributed by atoms with van der Waals surface area (Å²) in [6.07, 6.45) is -0.868. The summed E-state index contributed by atoms with van der Waals surface area (Å²) in [6, 6.07) is 16.1. The fourth-order valence-electron chi connectivity index (χ4n) is 2.17. The van der Waals surface area contributed by atoms with Gasteiger partial charge in [0.25, 0.3) is 5.91 Å². The summed E-state index contributed by atoms with van der Waals surface area (Å²) in [7, 11) is 0. The van der Waals surface area contributed by atoms with Crippen LogP contribution in [0.25, 0.3) is 0 Å². The number of hydrogen-bond donors (Lipinski definition) is 1. The van der Waals surface area contributed by atoms with Crippen molar-refractivity contribution >= 4 is 11.9 Å². The Balaban J connectivity index is 1.75. The topological polar surface area (TPSA) is 88.4 Å². The molecule has 0 bridgehead atoms. The van der Waals surface area contributed by atoms with E-state index < -0.39 is 12.1 Å². The molecule has 0 spiro atoms. The number of nitriles is 1. The Bertz CT molecular complexity index is 809. The molecule has 0 saturated heterocycles. The van der Waals surface area contributed by atoms with Crippen molar-refractivity contribution in [3.63, 3.8) is 0 Å². The second kappa shape index (κ2) is 9.23. The van der Waals surface area contributed by atoms with Gasteiger partial charge in [-0.05, 0) is 49.2 Å². The fraction of sp³-hybridized carbons (Fsp3) is 0.250. The van der Waals surface area contributed by atoms with Gasteiger partial charge in [0.1, 0.15) is 5.75 Å². The van der Waals surface area contributed by atoms with E-state index in [-0.39, 0.29) is 12.5 Å². The molecule has 1 atom stereocenters. The summed E-state index contributed by atoms with van der Waals surface area (Å²) in [5.74, 6) is -0.579. The maximum absolute atomic E-state index is 11.9. The molecule has 6 nitrogen and oxygen atoms in total. The molecule has 1 amide bonds. The highest BCUT2D eigenvalue weighted by Crippen LogP contribution is 2.14. The van der Waals surface area contributed by atoms with E-state index in [2.05, 4.69) is 5.32 Å². The summed E-state index contributed by atoms with van der Waals surface area (Å²) in [4.78, 5) is 23.7. The van der Waals surface area contributed by atoms with Crippen LogP contribution in [-0.2, 0) is 20.9 Å². The largest absolute Gasteiger partial charge is 0.479 e. The number of amides is 1. The van der Waals surface area contributed by atoms with Crippen molar-refractivity contribution in [1.82, 2.24) is 5.32 Å². The number of ether oxygens (including phenoxy) is 2. The predicted octanol–water partition coefficient (Wildman–Crippen LogP) is 2.49. The molecule has 0 heterocycles. The van der Waals surface area contributed by atoms with Crippen LogP contribution in [-0.4, -0.2) is 24.6 Å². The van der Waals surface area contributed by atoms with Crippen LogP contribution in [0.3, 0.4) is 0 Å². The van der Waals surface area contributed by atoms with Crippen LogP contribution in [0.5, 0.6) is 5.75 Å². The van der Waals surface area contributed by atoms with E-state index in [4.69, 9.17) is 14.7 Å². The lowest BCUT2D eigenvalue weighted by Crippen LogP contribution is -2.32. The molecule has 26 heavy (non-hydrogen) atoms. The Labute approximate surface area is 152 Å². The Morgan fingerprint density at radius 1 is 1.15 bits per heavy atom. The molecule has 0 aliphatic heterocycles. The number of carbonyl (C=O) groups is 2. The lowest BCUT2D eigenvalue weighted by molar-refractivity contribution is -0.154. The fourth-order valence-corrected chi connectivity index (χ4v) is 2.17. The minimum atomic E-state index is -0.868. The Kier molecular flexibility index (Phi) is 6.75. The van der Waals surface area contributed by atoms with Crippen LogP contribution >= 0.6 is 0 Å². The van der Waals surface area contributed by atoms with E-state index in [1.807, 2.05) is 37.3 Å². The smallest absolute Gasteiger partial charge is 0.347 e. The standard InChI is InChI=1S/C20H20N2O4/c1-14-5-3-4-6-17(14)12-22-19(23)13-25-20(24)15(2)26-18-9-7-16(11-21)8-10-18/h3-10,15H,12-13H2,1-2H3,(H,22,23)/t15-/m1/s1. The first-order valence-corrected chi connectivity index (χ1v) is 8.14. The SMILES string of the molecule is Cc1ccccc1CNC(=O)COC(=O)[C@@H](C)Oc1ccc(C#N)cc1. The third kappa shape index (κ3) is 5.64. The third-order valence-corrected chi connectivity index (χ3v) is 3.71. The maximum atomic E-state index is 11.9. The van der Waals surface area contributed by atoms with E-state index in [1.54, 1.807) is 24.3 Å². The highest BCUT2D eigenvalue weighted by Gasteiger charge is 2.17. The number of esters is 1. The van der Waals surface area contributed by atoms with Crippen molar-refractivity contribution in [3.05, 3.63) is 65.2 Å². The Hall–Kier alpha value is -3.33. The molecule has 0 unspecified atom stereocenters. The molecule has 0 aliphatic carbocycles. The second-order valence-corrected chi connectivity index (χ2v) is 5.71. The molecule has 6 heteroatoms. The van der Waals surface area contributed by atoms with E-state index in [1.165, 1.54) is 6.92 Å². The monoisotopic (exact) mass is 352 g/mol. The van der Waals surface area contributed by atoms with Gasteiger partial charge in [-0.1, -0.05) is 24.3 Å². The molecule has 2 rings (SSSR count). The highest BCUT2D eigenvalue weighted by molar-refractivity contribution is 5.82. The Morgan fingerprint density at radius 2 is 1.85 bits per heavy atom. The minimum Gasteiger partial charge on any atom is -0.479 e. The summed E-state index contributed by atoms with van der Waals surface area (Å²) in [5.41, 5.74) is 2.58. The lowest BCUT2D eigenvalue weighted by Gasteiger charge is -2.14. The molecule has 2 aromatic carbocycles. The van der Waals surface area contributed by atoms with E-state index in [0.717, 1.165) is 11.1 Å². The zero-order valence-corrected chi connectivity index (χ0v) is 14.7. The van der Waals surface area contributed by atoms with Gasteiger partial charge in [0.05, 0.1) is 11.6 Å². The number of nitrogens with zero attached hydrogens (tertiary/aromatic N) is 1. The van der Waals surface area contributed by atoms with Gasteiger partial charge >= 0.3 is 5.97 Å². The summed E-state index contributed by atoms with van der Waals surface area (Å²) >= 11 is 0. The zero-order valence-electron chi connectivity index (χ0n) is 14.7. The molecule has 0 aliphatic rings.